The van der Waals surface area contributed by atoms with Gasteiger partial charge in [0.2, 0.25) is 0 Å². The van der Waals surface area contributed by atoms with Crippen LogP contribution < -0.4 is 0 Å². The molecule has 0 bridgehead atoms. The molecule has 7 nitrogen and oxygen atoms in total. The molecule has 0 saturated carbocycles. The number of carbonyl (C=O) groups excluding carboxylic acids is 2. The minimum atomic E-state index is -1.04. The van der Waals surface area contributed by atoms with E-state index in [9.17, 15) is 19.5 Å². The van der Waals surface area contributed by atoms with Crippen LogP contribution >= 0.6 is 0 Å². The number of aliphatic carboxylic acids is 1. The largest absolute Gasteiger partial charge is 0.480 e. The zero-order valence-corrected chi connectivity index (χ0v) is 15.5. The third-order valence-corrected chi connectivity index (χ3v) is 4.17. The molecule has 1 heterocycles. The minimum absolute atomic E-state index is 0.0310. The highest BCUT2D eigenvalue weighted by Crippen LogP contribution is 2.28. The van der Waals surface area contributed by atoms with Gasteiger partial charge in [0, 0.05) is 6.54 Å². The summed E-state index contributed by atoms with van der Waals surface area (Å²) in [5, 5.41) is 9.45. The minimum Gasteiger partial charge on any atom is -0.480 e. The fraction of sp³-hybridized carbons (Fsp3) is 0.526. The van der Waals surface area contributed by atoms with E-state index in [2.05, 4.69) is 0 Å². The smallest absolute Gasteiger partial charge is 0.411 e. The Hall–Kier alpha value is -2.57. The molecule has 7 heteroatoms. The van der Waals surface area contributed by atoms with Crippen molar-refractivity contribution in [1.29, 1.82) is 0 Å². The lowest BCUT2D eigenvalue weighted by atomic mass is 9.96. The first kappa shape index (κ1) is 19.8. The van der Waals surface area contributed by atoms with Crippen LogP contribution in [0.5, 0.6) is 0 Å². The molecule has 1 fully saturated rings. The van der Waals surface area contributed by atoms with E-state index in [1.165, 1.54) is 12.0 Å². The standard InChI is InChI=1S/C19H25NO6/c1-19(2,3)26-18(24)20-11-13(10-15(20)16(21)22)8-12-6-5-7-14(9-12)17(23)25-4/h5-7,9,13,15H,8,10-11H2,1-4H3,(H,21,22). The number of rotatable bonds is 4. The van der Waals surface area contributed by atoms with Crippen LogP contribution in [-0.4, -0.2) is 53.3 Å². The van der Waals surface area contributed by atoms with Crippen molar-refractivity contribution < 1.29 is 29.0 Å². The number of nitrogens with zero attached hydrogens (tertiary/aromatic N) is 1. The molecule has 1 saturated heterocycles. The van der Waals surface area contributed by atoms with Gasteiger partial charge in [0.05, 0.1) is 12.7 Å². The van der Waals surface area contributed by atoms with E-state index in [0.29, 0.717) is 24.9 Å². The summed E-state index contributed by atoms with van der Waals surface area (Å²) in [4.78, 5) is 36.8. The van der Waals surface area contributed by atoms with Crippen LogP contribution in [0.2, 0.25) is 0 Å². The number of ether oxygens (including phenoxy) is 2. The van der Waals surface area contributed by atoms with Crippen LogP contribution in [0.15, 0.2) is 24.3 Å². The zero-order chi connectivity index (χ0) is 19.5. The molecule has 1 aliphatic heterocycles. The molecule has 0 radical (unpaired) electrons. The van der Waals surface area contributed by atoms with Crippen molar-refractivity contribution in [3.8, 4) is 0 Å². The van der Waals surface area contributed by atoms with Crippen molar-refractivity contribution in [3.05, 3.63) is 35.4 Å². The van der Waals surface area contributed by atoms with E-state index < -0.39 is 29.7 Å². The lowest BCUT2D eigenvalue weighted by molar-refractivity contribution is -0.142. The van der Waals surface area contributed by atoms with Crippen molar-refractivity contribution in [1.82, 2.24) is 4.90 Å². The SMILES string of the molecule is COC(=O)c1cccc(CC2CC(C(=O)O)N(C(=O)OC(C)(C)C)C2)c1. The number of methoxy groups -OCH3 is 1. The van der Waals surface area contributed by atoms with E-state index in [4.69, 9.17) is 9.47 Å². The van der Waals surface area contributed by atoms with Gasteiger partial charge >= 0.3 is 18.0 Å². The molecule has 1 aromatic carbocycles. The van der Waals surface area contributed by atoms with Gasteiger partial charge in [0.25, 0.3) is 0 Å². The average molecular weight is 363 g/mol. The quantitative estimate of drug-likeness (QED) is 0.827. The third-order valence-electron chi connectivity index (χ3n) is 4.17. The van der Waals surface area contributed by atoms with Crippen molar-refractivity contribution in [2.75, 3.05) is 13.7 Å². The van der Waals surface area contributed by atoms with Gasteiger partial charge in [0.1, 0.15) is 11.6 Å². The first-order valence-electron chi connectivity index (χ1n) is 8.50. The topological polar surface area (TPSA) is 93.1 Å². The number of carboxylic acids is 1. The Bertz CT molecular complexity index is 694. The molecule has 0 aromatic heterocycles. The van der Waals surface area contributed by atoms with Gasteiger partial charge in [-0.3, -0.25) is 4.90 Å². The normalized spacial score (nSPS) is 19.9. The summed E-state index contributed by atoms with van der Waals surface area (Å²) in [5.41, 5.74) is 0.655. The van der Waals surface area contributed by atoms with Crippen LogP contribution in [0.3, 0.4) is 0 Å². The zero-order valence-electron chi connectivity index (χ0n) is 15.5. The molecule has 1 aliphatic rings. The monoisotopic (exact) mass is 363 g/mol. The number of hydrogen-bond donors (Lipinski definition) is 1. The highest BCUT2D eigenvalue weighted by atomic mass is 16.6. The van der Waals surface area contributed by atoms with Gasteiger partial charge in [-0.2, -0.15) is 0 Å². The van der Waals surface area contributed by atoms with Gasteiger partial charge in [-0.15, -0.1) is 0 Å². The molecule has 26 heavy (non-hydrogen) atoms. The molecule has 0 aliphatic carbocycles. The molecule has 2 atom stereocenters. The summed E-state index contributed by atoms with van der Waals surface area (Å²) in [6, 6.07) is 6.13. The second kappa shape index (κ2) is 7.76. The van der Waals surface area contributed by atoms with E-state index in [1.54, 1.807) is 39.0 Å². The molecule has 1 N–H and O–H groups in total. The Balaban J connectivity index is 2.11. The predicted molar refractivity (Wildman–Crippen MR) is 94.0 cm³/mol. The fourth-order valence-corrected chi connectivity index (χ4v) is 3.10. The summed E-state index contributed by atoms with van der Waals surface area (Å²) in [7, 11) is 1.32. The number of carboxylic acid groups (broad SMARTS) is 1. The average Bonchev–Trinajstić information content (AvgIpc) is 2.97. The Morgan fingerprint density at radius 2 is 1.96 bits per heavy atom. The number of likely N-dealkylation sites (tertiary alicyclic amines) is 1. The maximum Gasteiger partial charge on any atom is 0.411 e. The lowest BCUT2D eigenvalue weighted by Crippen LogP contribution is -2.43. The second-order valence-corrected chi connectivity index (χ2v) is 7.48. The Morgan fingerprint density at radius 1 is 1.27 bits per heavy atom. The molecule has 0 spiro atoms. The maximum atomic E-state index is 12.3. The summed E-state index contributed by atoms with van der Waals surface area (Å²) >= 11 is 0. The van der Waals surface area contributed by atoms with E-state index in [1.807, 2.05) is 6.07 Å². The van der Waals surface area contributed by atoms with Crippen LogP contribution in [0, 0.1) is 5.92 Å². The number of amides is 1. The number of hydrogen-bond acceptors (Lipinski definition) is 5. The molecule has 1 aromatic rings. The van der Waals surface area contributed by atoms with Crippen molar-refractivity contribution in [2.45, 2.75) is 45.3 Å². The Morgan fingerprint density at radius 3 is 2.54 bits per heavy atom. The first-order chi connectivity index (χ1) is 12.1. The van der Waals surface area contributed by atoms with E-state index in [-0.39, 0.29) is 5.92 Å². The van der Waals surface area contributed by atoms with Crippen molar-refractivity contribution in [3.63, 3.8) is 0 Å². The van der Waals surface area contributed by atoms with Crippen LogP contribution in [0.4, 0.5) is 4.79 Å². The molecule has 2 rings (SSSR count). The highest BCUT2D eigenvalue weighted by molar-refractivity contribution is 5.89. The summed E-state index contributed by atoms with van der Waals surface area (Å²) in [6.45, 7) is 5.53. The third kappa shape index (κ3) is 4.97. The van der Waals surface area contributed by atoms with E-state index >= 15 is 0 Å². The van der Waals surface area contributed by atoms with Gasteiger partial charge in [-0.05, 0) is 57.2 Å². The van der Waals surface area contributed by atoms with Crippen LogP contribution in [-0.2, 0) is 20.7 Å². The van der Waals surface area contributed by atoms with Gasteiger partial charge in [0.15, 0.2) is 0 Å². The predicted octanol–water partition coefficient (Wildman–Crippen LogP) is 2.73. The number of carbonyl (C=O) groups is 3. The summed E-state index contributed by atoms with van der Waals surface area (Å²) in [5.74, 6) is -1.49. The summed E-state index contributed by atoms with van der Waals surface area (Å²) < 4.78 is 10.0. The Kier molecular flexibility index (Phi) is 5.90. The molecule has 142 valence electrons. The number of benzene rings is 1. The van der Waals surface area contributed by atoms with Gasteiger partial charge in [-0.25, -0.2) is 14.4 Å². The maximum absolute atomic E-state index is 12.3. The molecule has 1 amide bonds. The second-order valence-electron chi connectivity index (χ2n) is 7.48. The number of esters is 1. The van der Waals surface area contributed by atoms with E-state index in [0.717, 1.165) is 5.56 Å². The Labute approximate surface area is 152 Å². The molecular weight excluding hydrogens is 338 g/mol. The highest BCUT2D eigenvalue weighted by Gasteiger charge is 2.41. The molecular formula is C19H25NO6. The van der Waals surface area contributed by atoms with Gasteiger partial charge < -0.3 is 14.6 Å². The van der Waals surface area contributed by atoms with Crippen LogP contribution in [0.1, 0.15) is 43.1 Å². The summed E-state index contributed by atoms with van der Waals surface area (Å²) in [6.07, 6.45) is 0.293. The van der Waals surface area contributed by atoms with Gasteiger partial charge in [-0.1, -0.05) is 12.1 Å². The molecule has 2 unspecified atom stereocenters. The van der Waals surface area contributed by atoms with Crippen molar-refractivity contribution in [2.24, 2.45) is 5.92 Å². The van der Waals surface area contributed by atoms with Crippen molar-refractivity contribution >= 4 is 18.0 Å². The first-order valence-corrected chi connectivity index (χ1v) is 8.50. The van der Waals surface area contributed by atoms with Crippen LogP contribution in [0.25, 0.3) is 0 Å². The fourth-order valence-electron chi connectivity index (χ4n) is 3.10. The lowest BCUT2D eigenvalue weighted by Gasteiger charge is -2.26.